The summed E-state index contributed by atoms with van der Waals surface area (Å²) in [6.07, 6.45) is 0.569. The third kappa shape index (κ3) is 3.67. The number of nitriles is 1. The zero-order valence-corrected chi connectivity index (χ0v) is 15.3. The summed E-state index contributed by atoms with van der Waals surface area (Å²) in [4.78, 5) is 12.7. The van der Waals surface area contributed by atoms with E-state index in [9.17, 15) is 4.39 Å². The van der Waals surface area contributed by atoms with E-state index in [1.165, 1.54) is 12.1 Å². The van der Waals surface area contributed by atoms with Crippen LogP contribution in [0.15, 0.2) is 66.7 Å². The van der Waals surface area contributed by atoms with Crippen molar-refractivity contribution in [3.8, 4) is 28.7 Å². The third-order valence-corrected chi connectivity index (χ3v) is 4.45. The molecule has 0 saturated carbocycles. The molecule has 0 aliphatic carbocycles. The number of pyridine rings is 1. The van der Waals surface area contributed by atoms with Crippen LogP contribution in [-0.2, 0) is 6.42 Å². The van der Waals surface area contributed by atoms with Crippen molar-refractivity contribution in [1.29, 1.82) is 5.26 Å². The first kappa shape index (κ1) is 17.6. The fourth-order valence-electron chi connectivity index (χ4n) is 3.11. The van der Waals surface area contributed by atoms with E-state index in [-0.39, 0.29) is 5.82 Å². The number of aromatic nitrogens is 3. The third-order valence-electron chi connectivity index (χ3n) is 4.45. The molecule has 4 aromatic rings. The monoisotopic (exact) mass is 368 g/mol. The van der Waals surface area contributed by atoms with Crippen molar-refractivity contribution in [3.05, 3.63) is 95.2 Å². The molecule has 0 amide bonds. The molecular weight excluding hydrogens is 351 g/mol. The van der Waals surface area contributed by atoms with Gasteiger partial charge in [-0.15, -0.1) is 0 Å². The van der Waals surface area contributed by atoms with Gasteiger partial charge in [0.1, 0.15) is 11.6 Å². The van der Waals surface area contributed by atoms with Crippen molar-refractivity contribution in [2.24, 2.45) is 0 Å². The molecular formula is C23H17FN4. The maximum Gasteiger partial charge on any atom is 0.123 e. The maximum absolute atomic E-state index is 13.8. The van der Waals surface area contributed by atoms with Gasteiger partial charge in [0.2, 0.25) is 0 Å². The molecule has 2 heterocycles. The molecule has 0 fully saturated rings. The highest BCUT2D eigenvalue weighted by atomic mass is 19.1. The van der Waals surface area contributed by atoms with E-state index in [2.05, 4.69) is 16.0 Å². The lowest BCUT2D eigenvalue weighted by Crippen LogP contribution is -1.91. The van der Waals surface area contributed by atoms with Crippen LogP contribution in [0.1, 0.15) is 22.6 Å². The Bertz CT molecular complexity index is 1110. The van der Waals surface area contributed by atoms with Crippen molar-refractivity contribution in [2.45, 2.75) is 13.3 Å². The average Bonchev–Trinajstić information content (AvgIpc) is 3.12. The number of benzene rings is 2. The predicted molar refractivity (Wildman–Crippen MR) is 106 cm³/mol. The van der Waals surface area contributed by atoms with Crippen LogP contribution in [0.5, 0.6) is 0 Å². The standard InChI is InChI=1S/C23H17FN4/c1-15-4-2-7-20(26-15)23-22(18-5-3-6-19(24)13-18)27-21(28-23)12-16-8-10-17(14-25)11-9-16/h2-11,13H,12H2,1H3,(H,27,28). The minimum Gasteiger partial charge on any atom is -0.340 e. The zero-order valence-electron chi connectivity index (χ0n) is 15.3. The second-order valence-corrected chi connectivity index (χ2v) is 6.57. The van der Waals surface area contributed by atoms with E-state index in [4.69, 9.17) is 10.2 Å². The van der Waals surface area contributed by atoms with Crippen LogP contribution in [0.4, 0.5) is 4.39 Å². The predicted octanol–water partition coefficient (Wildman–Crippen LogP) is 5.05. The Morgan fingerprint density at radius 1 is 1.00 bits per heavy atom. The van der Waals surface area contributed by atoms with Gasteiger partial charge in [-0.2, -0.15) is 5.26 Å². The average molecular weight is 368 g/mol. The van der Waals surface area contributed by atoms with Crippen molar-refractivity contribution in [2.75, 3.05) is 0 Å². The van der Waals surface area contributed by atoms with Gasteiger partial charge < -0.3 is 4.98 Å². The van der Waals surface area contributed by atoms with Crippen molar-refractivity contribution in [1.82, 2.24) is 15.0 Å². The van der Waals surface area contributed by atoms with Crippen LogP contribution in [-0.4, -0.2) is 15.0 Å². The zero-order chi connectivity index (χ0) is 19.5. The molecule has 0 spiro atoms. The Balaban J connectivity index is 1.78. The lowest BCUT2D eigenvalue weighted by Gasteiger charge is -2.03. The van der Waals surface area contributed by atoms with Crippen LogP contribution in [0.2, 0.25) is 0 Å². The van der Waals surface area contributed by atoms with E-state index >= 15 is 0 Å². The number of rotatable bonds is 4. The lowest BCUT2D eigenvalue weighted by molar-refractivity contribution is 0.628. The highest BCUT2D eigenvalue weighted by molar-refractivity contribution is 5.76. The number of nitrogens with zero attached hydrogens (tertiary/aromatic N) is 3. The molecule has 0 atom stereocenters. The number of aryl methyl sites for hydroxylation is 1. The van der Waals surface area contributed by atoms with Gasteiger partial charge in [-0.3, -0.25) is 4.98 Å². The van der Waals surface area contributed by atoms with Crippen LogP contribution in [0.25, 0.3) is 22.6 Å². The van der Waals surface area contributed by atoms with Crippen LogP contribution in [0.3, 0.4) is 0 Å². The number of hydrogen-bond acceptors (Lipinski definition) is 3. The lowest BCUT2D eigenvalue weighted by atomic mass is 10.1. The Morgan fingerprint density at radius 2 is 1.79 bits per heavy atom. The minimum atomic E-state index is -0.308. The molecule has 1 N–H and O–H groups in total. The molecule has 0 aliphatic rings. The summed E-state index contributed by atoms with van der Waals surface area (Å²) in [5.74, 6) is 0.444. The summed E-state index contributed by atoms with van der Waals surface area (Å²) in [5, 5.41) is 8.95. The topological polar surface area (TPSA) is 65.4 Å². The molecule has 0 aliphatic heterocycles. The minimum absolute atomic E-state index is 0.308. The Morgan fingerprint density at radius 3 is 2.50 bits per heavy atom. The summed E-state index contributed by atoms with van der Waals surface area (Å²) >= 11 is 0. The summed E-state index contributed by atoms with van der Waals surface area (Å²) in [7, 11) is 0. The quantitative estimate of drug-likeness (QED) is 0.548. The van der Waals surface area contributed by atoms with Crippen LogP contribution < -0.4 is 0 Å². The number of aromatic amines is 1. The smallest absolute Gasteiger partial charge is 0.123 e. The maximum atomic E-state index is 13.8. The first-order valence-corrected chi connectivity index (χ1v) is 8.90. The normalized spacial score (nSPS) is 10.6. The van der Waals surface area contributed by atoms with Gasteiger partial charge in [0.25, 0.3) is 0 Å². The largest absolute Gasteiger partial charge is 0.340 e. The SMILES string of the molecule is Cc1cccc(-c2[nH]c(Cc3ccc(C#N)cc3)nc2-c2cccc(F)c2)n1. The highest BCUT2D eigenvalue weighted by Crippen LogP contribution is 2.30. The second kappa shape index (κ2) is 7.45. The van der Waals surface area contributed by atoms with E-state index in [0.717, 1.165) is 28.5 Å². The second-order valence-electron chi connectivity index (χ2n) is 6.57. The number of H-pyrrole nitrogens is 1. The molecule has 136 valence electrons. The molecule has 28 heavy (non-hydrogen) atoms. The first-order valence-electron chi connectivity index (χ1n) is 8.90. The fraction of sp³-hybridized carbons (Fsp3) is 0.0870. The van der Waals surface area contributed by atoms with Gasteiger partial charge >= 0.3 is 0 Å². The van der Waals surface area contributed by atoms with E-state index in [1.807, 2.05) is 43.3 Å². The van der Waals surface area contributed by atoms with E-state index < -0.39 is 0 Å². The summed E-state index contributed by atoms with van der Waals surface area (Å²) in [6, 6.07) is 21.7. The number of halogens is 1. The number of imidazole rings is 1. The molecule has 2 aromatic carbocycles. The van der Waals surface area contributed by atoms with Crippen molar-refractivity contribution in [3.63, 3.8) is 0 Å². The van der Waals surface area contributed by atoms with Gasteiger partial charge in [-0.25, -0.2) is 9.37 Å². The highest BCUT2D eigenvalue weighted by Gasteiger charge is 2.16. The molecule has 4 nitrogen and oxygen atoms in total. The summed E-state index contributed by atoms with van der Waals surface area (Å²) < 4.78 is 13.8. The van der Waals surface area contributed by atoms with E-state index in [0.29, 0.717) is 23.2 Å². The first-order chi connectivity index (χ1) is 13.6. The molecule has 0 bridgehead atoms. The summed E-state index contributed by atoms with van der Waals surface area (Å²) in [5.41, 5.74) is 5.43. The van der Waals surface area contributed by atoms with Crippen molar-refractivity contribution >= 4 is 0 Å². The van der Waals surface area contributed by atoms with Crippen LogP contribution in [0, 0.1) is 24.1 Å². The fourth-order valence-corrected chi connectivity index (χ4v) is 3.11. The molecule has 2 aromatic heterocycles. The van der Waals surface area contributed by atoms with Gasteiger partial charge in [-0.05, 0) is 48.9 Å². The van der Waals surface area contributed by atoms with E-state index in [1.54, 1.807) is 18.2 Å². The van der Waals surface area contributed by atoms with Gasteiger partial charge in [0.15, 0.2) is 0 Å². The Hall–Kier alpha value is -3.78. The Labute approximate surface area is 162 Å². The van der Waals surface area contributed by atoms with Gasteiger partial charge in [0.05, 0.1) is 28.7 Å². The molecule has 5 heteroatoms. The summed E-state index contributed by atoms with van der Waals surface area (Å²) in [6.45, 7) is 1.93. The number of hydrogen-bond donors (Lipinski definition) is 1. The van der Waals surface area contributed by atoms with Gasteiger partial charge in [0, 0.05) is 17.7 Å². The molecule has 0 saturated heterocycles. The number of nitrogens with one attached hydrogen (secondary N) is 1. The Kier molecular flexibility index (Phi) is 4.69. The van der Waals surface area contributed by atoms with Gasteiger partial charge in [-0.1, -0.05) is 30.3 Å². The van der Waals surface area contributed by atoms with Crippen LogP contribution >= 0.6 is 0 Å². The molecule has 0 unspecified atom stereocenters. The van der Waals surface area contributed by atoms with Crippen molar-refractivity contribution < 1.29 is 4.39 Å². The molecule has 4 rings (SSSR count). The molecule has 0 radical (unpaired) electrons.